The van der Waals surface area contributed by atoms with Crippen LogP contribution in [0.2, 0.25) is 0 Å². The van der Waals surface area contributed by atoms with Crippen molar-refractivity contribution < 1.29 is 116 Å². The fourth-order valence-corrected chi connectivity index (χ4v) is 13.9. The lowest BCUT2D eigenvalue weighted by Crippen LogP contribution is -2.50. The second-order valence-electron chi connectivity index (χ2n) is 29.4. The zero-order valence-electron chi connectivity index (χ0n) is 70.5. The van der Waals surface area contributed by atoms with Gasteiger partial charge >= 0.3 is 41.8 Å². The minimum absolute atomic E-state index is 0.0270. The van der Waals surface area contributed by atoms with Gasteiger partial charge in [-0.2, -0.15) is 0 Å². The van der Waals surface area contributed by atoms with Crippen LogP contribution < -0.4 is 23.7 Å². The molecule has 1 atom stereocenters. The van der Waals surface area contributed by atoms with Gasteiger partial charge in [-0.3, -0.25) is 20.0 Å². The number of esters is 6. The average molecular weight is 1740 g/mol. The van der Waals surface area contributed by atoms with Gasteiger partial charge in [0.25, 0.3) is 16.6 Å². The molecule has 0 aliphatic carbocycles. The van der Waals surface area contributed by atoms with Gasteiger partial charge in [-0.05, 0) is 113 Å². The molecule has 28 heteroatoms. The smallest absolute Gasteiger partial charge is 0.346 e. The summed E-state index contributed by atoms with van der Waals surface area (Å²) in [7, 11) is 0. The molecular formula is C100H94N4O24. The minimum Gasteiger partial charge on any atom is -0.508 e. The van der Waals surface area contributed by atoms with Gasteiger partial charge in [0.1, 0.15) is 69.2 Å². The van der Waals surface area contributed by atoms with Gasteiger partial charge in [0.05, 0.1) is 26.4 Å². The Balaban J connectivity index is 0.000000171. The molecule has 0 spiro atoms. The van der Waals surface area contributed by atoms with Crippen molar-refractivity contribution in [2.24, 2.45) is 20.0 Å². The number of carbonyl (C=O) groups excluding carboxylic acids is 6. The molecule has 0 saturated heterocycles. The number of carboxylic acids is 1. The molecule has 0 aromatic heterocycles. The SMILES string of the molecule is CCOC(=O)C1(C(=O)OCC)Cc2cc(O)cc(O)c2C=N1.CCOC(=O)C1(C(=O)OCC)Cc2cc(OCc3ccccc3)cc(OCc3ccccc3)c2C=N1.O=C(O)C1Cc2cc(O)c(O)c(O)c2C=N1.O=C(OCc1ccccc1)C1(C(=O)OCc2ccccc2)Cc2cc(OCc3ccccc3)c(OCc3ccccc3)c(OCc3ccccc3)c2C=N1. The summed E-state index contributed by atoms with van der Waals surface area (Å²) in [5.74, 6) is -5.55. The maximum Gasteiger partial charge on any atom is 0.346 e. The van der Waals surface area contributed by atoms with Gasteiger partial charge in [0, 0.05) is 84.9 Å². The first-order valence-corrected chi connectivity index (χ1v) is 41.1. The molecule has 0 bridgehead atoms. The van der Waals surface area contributed by atoms with Crippen LogP contribution in [0.1, 0.15) is 111 Å². The molecule has 0 fully saturated rings. The molecular weight excluding hydrogens is 1640 g/mol. The van der Waals surface area contributed by atoms with Crippen LogP contribution in [0.3, 0.4) is 0 Å². The Morgan fingerprint density at radius 3 is 1.07 bits per heavy atom. The van der Waals surface area contributed by atoms with Crippen molar-refractivity contribution in [2.75, 3.05) is 26.4 Å². The van der Waals surface area contributed by atoms with Crippen molar-refractivity contribution in [3.63, 3.8) is 0 Å². The molecule has 0 saturated carbocycles. The van der Waals surface area contributed by atoms with Crippen LogP contribution in [0, 0.1) is 0 Å². The average Bonchev–Trinajstić information content (AvgIpc) is 0.637. The molecule has 1 unspecified atom stereocenters. The summed E-state index contributed by atoms with van der Waals surface area (Å²) < 4.78 is 63.8. The lowest BCUT2D eigenvalue weighted by molar-refractivity contribution is -0.167. The van der Waals surface area contributed by atoms with Gasteiger partial charge in [0.15, 0.2) is 29.0 Å². The summed E-state index contributed by atoms with van der Waals surface area (Å²) in [6, 6.07) is 75.7. The van der Waals surface area contributed by atoms with Crippen LogP contribution in [0.25, 0.3) is 0 Å². The van der Waals surface area contributed by atoms with E-state index in [1.54, 1.807) is 39.8 Å². The Morgan fingerprint density at radius 2 is 0.664 bits per heavy atom. The van der Waals surface area contributed by atoms with Crippen LogP contribution in [-0.4, -0.2) is 146 Å². The van der Waals surface area contributed by atoms with Crippen LogP contribution in [-0.2, 0) is 134 Å². The van der Waals surface area contributed by atoms with E-state index in [9.17, 15) is 59.1 Å². The van der Waals surface area contributed by atoms with Crippen LogP contribution in [0.5, 0.6) is 57.5 Å². The molecule has 4 heterocycles. The second kappa shape index (κ2) is 43.6. The second-order valence-corrected chi connectivity index (χ2v) is 29.4. The molecule has 4 aliphatic heterocycles. The Bertz CT molecular complexity index is 5750. The number of phenolic OH excluding ortho intramolecular Hbond substituents is 5. The van der Waals surface area contributed by atoms with E-state index in [2.05, 4.69) is 20.0 Å². The number of fused-ring (bicyclic) bond motifs is 4. The van der Waals surface area contributed by atoms with Crippen molar-refractivity contribution in [1.29, 1.82) is 0 Å². The number of rotatable bonds is 30. The lowest BCUT2D eigenvalue weighted by atomic mass is 9.85. The number of phenols is 5. The summed E-state index contributed by atoms with van der Waals surface area (Å²) in [5.41, 5.74) is 4.64. The van der Waals surface area contributed by atoms with E-state index >= 15 is 0 Å². The van der Waals surface area contributed by atoms with Gasteiger partial charge in [0.2, 0.25) is 11.5 Å². The number of ether oxygens (including phenoxy) is 11. The third-order valence-corrected chi connectivity index (χ3v) is 20.5. The number of nitrogens with zero attached hydrogens (tertiary/aromatic N) is 4. The summed E-state index contributed by atoms with van der Waals surface area (Å²) in [6.45, 7) is 8.32. The maximum atomic E-state index is 14.1. The van der Waals surface area contributed by atoms with Crippen molar-refractivity contribution in [1.82, 2.24) is 0 Å². The monoisotopic (exact) mass is 1730 g/mol. The number of aliphatic imine (C=N–C) groups is 4. The van der Waals surface area contributed by atoms with Crippen LogP contribution in [0.4, 0.5) is 0 Å². The molecule has 4 aliphatic rings. The number of carboxylic acid groups (broad SMARTS) is 1. The zero-order chi connectivity index (χ0) is 90.6. The fourth-order valence-electron chi connectivity index (χ4n) is 13.9. The van der Waals surface area contributed by atoms with Crippen LogP contribution >= 0.6 is 0 Å². The Hall–Kier alpha value is -15.6. The number of aromatic hydroxyl groups is 5. The predicted molar refractivity (Wildman–Crippen MR) is 472 cm³/mol. The van der Waals surface area contributed by atoms with E-state index in [4.69, 9.17) is 57.2 Å². The Morgan fingerprint density at radius 1 is 0.320 bits per heavy atom. The third-order valence-electron chi connectivity index (χ3n) is 20.5. The zero-order valence-corrected chi connectivity index (χ0v) is 70.5. The number of hydrogen-bond donors (Lipinski definition) is 6. The van der Waals surface area contributed by atoms with Crippen molar-refractivity contribution in [3.05, 3.63) is 332 Å². The fraction of sp³-hybridized carbons (Fsp3) is 0.230. The van der Waals surface area contributed by atoms with Crippen molar-refractivity contribution >= 4 is 66.6 Å². The van der Waals surface area contributed by atoms with E-state index in [0.717, 1.165) is 45.0 Å². The molecule has 28 nitrogen and oxygen atoms in total. The van der Waals surface area contributed by atoms with Gasteiger partial charge in [-0.15, -0.1) is 0 Å². The van der Waals surface area contributed by atoms with E-state index in [1.807, 2.05) is 218 Å². The van der Waals surface area contributed by atoms with Crippen LogP contribution in [0.15, 0.2) is 269 Å². The van der Waals surface area contributed by atoms with E-state index < -0.39 is 81.7 Å². The largest absolute Gasteiger partial charge is 0.508 e. The molecule has 658 valence electrons. The lowest BCUT2D eigenvalue weighted by Gasteiger charge is -2.31. The number of benzene rings is 11. The Labute approximate surface area is 737 Å². The molecule has 128 heavy (non-hydrogen) atoms. The highest BCUT2D eigenvalue weighted by Crippen LogP contribution is 2.47. The van der Waals surface area contributed by atoms with Crippen molar-refractivity contribution in [3.8, 4) is 57.5 Å². The molecule has 0 radical (unpaired) electrons. The summed E-state index contributed by atoms with van der Waals surface area (Å²) in [5, 5.41) is 56.2. The van der Waals surface area contributed by atoms with E-state index in [1.165, 1.54) is 37.0 Å². The highest BCUT2D eigenvalue weighted by Gasteiger charge is 2.54. The minimum atomic E-state index is -2.03. The first-order valence-electron chi connectivity index (χ1n) is 41.1. The highest BCUT2D eigenvalue weighted by atomic mass is 16.6. The predicted octanol–water partition coefficient (Wildman–Crippen LogP) is 14.5. The maximum absolute atomic E-state index is 14.1. The summed E-state index contributed by atoms with van der Waals surface area (Å²) in [4.78, 5) is 106. The number of aliphatic carboxylic acids is 1. The van der Waals surface area contributed by atoms with Gasteiger partial charge in [-0.1, -0.05) is 212 Å². The molecule has 0 amide bonds. The highest BCUT2D eigenvalue weighted by molar-refractivity contribution is 6.11. The van der Waals surface area contributed by atoms with Gasteiger partial charge in [-0.25, -0.2) is 33.6 Å². The van der Waals surface area contributed by atoms with E-state index in [0.29, 0.717) is 80.9 Å². The standard InChI is InChI=1S/C46H39NO7.C29H29NO6.C15H17NO6.C10H9NO5/c48-44(53-32-37-22-12-4-13-23-37)46(45(49)54-33-38-24-14-5-15-25-38)27-39-26-41(50-29-34-16-6-1-7-17-34)43(52-31-36-20-10-3-11-21-36)42(40(39)28-47-46)51-30-35-18-8-2-9-19-35;1-3-33-27(31)29(28(32)34-4-2)17-23-15-24(35-19-21-11-7-5-8-12-21)16-26(25(23)18-30-29)36-20-22-13-9-6-10-14-22;1-3-21-13(19)15(14(20)22-4-2)7-9-5-10(17)6-12(18)11(9)8-16-15;12-7-2-4-1-6(10(15)16)11-3-5(4)8(13)9(7)14/h1-26,28H,27,29-33H2;5-16,18H,3-4,17,19-20H2,1-2H3;5-6,8,17-18H,3-4,7H2,1-2H3;2-3,6,12-14H,1H2,(H,15,16). The molecule has 6 N–H and O–H groups in total. The topological polar surface area (TPSA) is 392 Å². The summed E-state index contributed by atoms with van der Waals surface area (Å²) in [6.07, 6.45) is 5.12. The Kier molecular flexibility index (Phi) is 31.2. The number of carbonyl (C=O) groups is 7. The first-order chi connectivity index (χ1) is 62.1. The summed E-state index contributed by atoms with van der Waals surface area (Å²) >= 11 is 0. The first kappa shape index (κ1) is 91.6. The number of hydrogen-bond acceptors (Lipinski definition) is 27. The van der Waals surface area contributed by atoms with E-state index in [-0.39, 0.29) is 102 Å². The quantitative estimate of drug-likeness (QED) is 0.0105. The molecule has 11 aromatic carbocycles. The van der Waals surface area contributed by atoms with Gasteiger partial charge < -0.3 is 82.7 Å². The third kappa shape index (κ3) is 22.7. The normalized spacial score (nSPS) is 13.9. The molecule has 15 rings (SSSR count). The molecule has 11 aromatic rings. The van der Waals surface area contributed by atoms with Crippen molar-refractivity contribution in [2.45, 2.75) is 122 Å².